The molecule has 0 saturated heterocycles. The zero-order valence-corrected chi connectivity index (χ0v) is 18.7. The molecule has 162 valence electrons. The molecule has 0 spiro atoms. The summed E-state index contributed by atoms with van der Waals surface area (Å²) >= 11 is 1.90. The summed E-state index contributed by atoms with van der Waals surface area (Å²) in [5.41, 5.74) is 0.385. The topological polar surface area (TPSA) is 84.9 Å². The minimum absolute atomic E-state index is 0.311. The zero-order valence-electron chi connectivity index (χ0n) is 17.1. The minimum atomic E-state index is -3.67. The van der Waals surface area contributed by atoms with Gasteiger partial charge in [0.1, 0.15) is 19.3 Å². The van der Waals surface area contributed by atoms with Crippen LogP contribution >= 0.6 is 11.8 Å². The van der Waals surface area contributed by atoms with Crippen molar-refractivity contribution in [3.63, 3.8) is 0 Å². The molecule has 1 fully saturated rings. The fraction of sp³-hybridized carbons (Fsp3) is 0.650. The molecule has 2 aliphatic rings. The Morgan fingerprint density at radius 3 is 2.59 bits per heavy atom. The summed E-state index contributed by atoms with van der Waals surface area (Å²) in [5, 5.41) is 3.57. The Bertz CT molecular complexity index is 809. The van der Waals surface area contributed by atoms with Crippen LogP contribution in [0.2, 0.25) is 0 Å². The molecule has 1 N–H and O–H groups in total. The van der Waals surface area contributed by atoms with Gasteiger partial charge in [-0.15, -0.1) is 0 Å². The first kappa shape index (κ1) is 22.1. The number of nitrogens with zero attached hydrogens (tertiary/aromatic N) is 1. The van der Waals surface area contributed by atoms with Gasteiger partial charge in [0, 0.05) is 23.6 Å². The lowest BCUT2D eigenvalue weighted by molar-refractivity contribution is -0.121. The molecular formula is C20H30N2O5S2. The summed E-state index contributed by atoms with van der Waals surface area (Å²) in [6.45, 7) is 2.99. The maximum atomic E-state index is 12.7. The number of fused-ring (bicyclic) bond motifs is 1. The van der Waals surface area contributed by atoms with Crippen LogP contribution in [0.3, 0.4) is 0 Å². The van der Waals surface area contributed by atoms with Crippen LogP contribution in [-0.2, 0) is 14.8 Å². The molecule has 1 amide bonds. The first-order chi connectivity index (χ1) is 13.9. The van der Waals surface area contributed by atoms with Crippen molar-refractivity contribution in [2.24, 2.45) is 0 Å². The van der Waals surface area contributed by atoms with Crippen LogP contribution in [0.5, 0.6) is 11.5 Å². The Balaban J connectivity index is 1.61. The number of rotatable bonds is 8. The molecule has 1 aliphatic heterocycles. The first-order valence-electron chi connectivity index (χ1n) is 10.1. The number of amides is 1. The average molecular weight is 443 g/mol. The zero-order chi connectivity index (χ0) is 20.9. The second-order valence-electron chi connectivity index (χ2n) is 7.48. The number of benzene rings is 1. The van der Waals surface area contributed by atoms with E-state index in [9.17, 15) is 13.2 Å². The number of ether oxygens (including phenoxy) is 2. The molecule has 0 bridgehead atoms. The molecule has 9 heteroatoms. The Morgan fingerprint density at radius 2 is 1.90 bits per heavy atom. The maximum Gasteiger partial charge on any atom is 0.243 e. The van der Waals surface area contributed by atoms with E-state index in [2.05, 4.69) is 5.32 Å². The summed E-state index contributed by atoms with van der Waals surface area (Å²) in [5.74, 6) is 1.59. The van der Waals surface area contributed by atoms with E-state index in [-0.39, 0.29) is 5.91 Å². The van der Waals surface area contributed by atoms with Gasteiger partial charge in [-0.05, 0) is 31.9 Å². The summed E-state index contributed by atoms with van der Waals surface area (Å²) in [4.78, 5) is 12.7. The van der Waals surface area contributed by atoms with E-state index in [4.69, 9.17) is 9.47 Å². The molecule has 1 atom stereocenters. The number of sulfonamides is 1. The lowest BCUT2D eigenvalue weighted by atomic mass is 10.0. The molecule has 1 heterocycles. The fourth-order valence-electron chi connectivity index (χ4n) is 3.76. The van der Waals surface area contributed by atoms with E-state index < -0.39 is 16.1 Å². The molecule has 3 rings (SSSR count). The van der Waals surface area contributed by atoms with Gasteiger partial charge in [0.25, 0.3) is 0 Å². The normalized spacial score (nSPS) is 18.1. The van der Waals surface area contributed by atoms with Gasteiger partial charge in [-0.3, -0.25) is 9.10 Å². The predicted octanol–water partition coefficient (Wildman–Crippen LogP) is 2.79. The largest absolute Gasteiger partial charge is 0.486 e. The van der Waals surface area contributed by atoms with Crippen molar-refractivity contribution in [1.82, 2.24) is 5.32 Å². The van der Waals surface area contributed by atoms with Crippen LogP contribution in [0.4, 0.5) is 5.69 Å². The van der Waals surface area contributed by atoms with Crippen LogP contribution in [0.25, 0.3) is 0 Å². The van der Waals surface area contributed by atoms with Crippen molar-refractivity contribution < 1.29 is 22.7 Å². The van der Waals surface area contributed by atoms with Crippen LogP contribution in [0, 0.1) is 0 Å². The average Bonchev–Trinajstić information content (AvgIpc) is 2.70. The van der Waals surface area contributed by atoms with Gasteiger partial charge < -0.3 is 14.8 Å². The molecule has 7 nitrogen and oxygen atoms in total. The van der Waals surface area contributed by atoms with Gasteiger partial charge >= 0.3 is 0 Å². The second kappa shape index (κ2) is 9.93. The number of hydrogen-bond acceptors (Lipinski definition) is 6. The van der Waals surface area contributed by atoms with E-state index in [0.29, 0.717) is 42.2 Å². The van der Waals surface area contributed by atoms with Gasteiger partial charge in [-0.2, -0.15) is 11.8 Å². The monoisotopic (exact) mass is 442 g/mol. The standard InChI is InChI=1S/C20H30N2O5S2/c1-15(20(23)21-10-13-28-17-6-4-3-5-7-17)22(29(2,24)25)16-8-9-18-19(14-16)27-12-11-26-18/h8-9,14-15,17H,3-7,10-13H2,1-2H3,(H,21,23)/t15-/m1/s1. The third-order valence-corrected chi connectivity index (χ3v) is 7.80. The quantitative estimate of drug-likeness (QED) is 0.623. The second-order valence-corrected chi connectivity index (χ2v) is 10.8. The third kappa shape index (κ3) is 5.94. The third-order valence-electron chi connectivity index (χ3n) is 5.18. The Kier molecular flexibility index (Phi) is 7.56. The Hall–Kier alpha value is -1.61. The molecule has 29 heavy (non-hydrogen) atoms. The van der Waals surface area contributed by atoms with Gasteiger partial charge in [0.15, 0.2) is 11.5 Å². The van der Waals surface area contributed by atoms with E-state index in [0.717, 1.165) is 16.3 Å². The highest BCUT2D eigenvalue weighted by molar-refractivity contribution is 7.99. The molecule has 0 unspecified atom stereocenters. The molecule has 0 aromatic heterocycles. The number of carbonyl (C=O) groups is 1. The highest BCUT2D eigenvalue weighted by atomic mass is 32.2. The minimum Gasteiger partial charge on any atom is -0.486 e. The van der Waals surface area contributed by atoms with Crippen molar-refractivity contribution >= 4 is 33.4 Å². The summed E-state index contributed by atoms with van der Waals surface area (Å²) in [6, 6.07) is 4.05. The van der Waals surface area contributed by atoms with Crippen LogP contribution in [0.1, 0.15) is 39.0 Å². The van der Waals surface area contributed by atoms with E-state index in [1.165, 1.54) is 32.1 Å². The predicted molar refractivity (Wildman–Crippen MR) is 117 cm³/mol. The van der Waals surface area contributed by atoms with E-state index >= 15 is 0 Å². The van der Waals surface area contributed by atoms with E-state index in [1.807, 2.05) is 11.8 Å². The number of hydrogen-bond donors (Lipinski definition) is 1. The Morgan fingerprint density at radius 1 is 1.21 bits per heavy atom. The number of carbonyl (C=O) groups excluding carboxylic acids is 1. The molecule has 1 saturated carbocycles. The highest BCUT2D eigenvalue weighted by Gasteiger charge is 2.30. The van der Waals surface area contributed by atoms with Crippen molar-refractivity contribution in [2.75, 3.05) is 36.1 Å². The lowest BCUT2D eigenvalue weighted by Gasteiger charge is -2.29. The van der Waals surface area contributed by atoms with Crippen molar-refractivity contribution in [2.45, 2.75) is 50.3 Å². The van der Waals surface area contributed by atoms with E-state index in [1.54, 1.807) is 25.1 Å². The summed E-state index contributed by atoms with van der Waals surface area (Å²) in [7, 11) is -3.67. The first-order valence-corrected chi connectivity index (χ1v) is 13.0. The maximum absolute atomic E-state index is 12.7. The molecule has 1 aromatic rings. The van der Waals surface area contributed by atoms with Gasteiger partial charge in [0.05, 0.1) is 11.9 Å². The van der Waals surface area contributed by atoms with Gasteiger partial charge in [-0.1, -0.05) is 19.3 Å². The van der Waals surface area contributed by atoms with Gasteiger partial charge in [0.2, 0.25) is 15.9 Å². The number of anilines is 1. The van der Waals surface area contributed by atoms with Gasteiger partial charge in [-0.25, -0.2) is 8.42 Å². The van der Waals surface area contributed by atoms with Crippen molar-refractivity contribution in [3.05, 3.63) is 18.2 Å². The van der Waals surface area contributed by atoms with Crippen molar-refractivity contribution in [3.8, 4) is 11.5 Å². The van der Waals surface area contributed by atoms with Crippen molar-refractivity contribution in [1.29, 1.82) is 0 Å². The molecule has 1 aliphatic carbocycles. The van der Waals surface area contributed by atoms with Crippen LogP contribution < -0.4 is 19.1 Å². The lowest BCUT2D eigenvalue weighted by Crippen LogP contribution is -2.48. The molecule has 1 aromatic carbocycles. The molecular weight excluding hydrogens is 412 g/mol. The Labute approximate surface area is 177 Å². The van der Waals surface area contributed by atoms with Crippen LogP contribution in [0.15, 0.2) is 18.2 Å². The SMILES string of the molecule is C[C@H](C(=O)NCCSC1CCCCC1)N(c1ccc2c(c1)OCCO2)S(C)(=O)=O. The number of thioether (sulfide) groups is 1. The molecule has 0 radical (unpaired) electrons. The summed E-state index contributed by atoms with van der Waals surface area (Å²) in [6.07, 6.45) is 7.51. The summed E-state index contributed by atoms with van der Waals surface area (Å²) < 4.78 is 37.1. The van der Waals surface area contributed by atoms with Crippen LogP contribution in [-0.4, -0.2) is 57.4 Å². The fourth-order valence-corrected chi connectivity index (χ4v) is 6.14. The smallest absolute Gasteiger partial charge is 0.243 e. The number of nitrogens with one attached hydrogen (secondary N) is 1. The highest BCUT2D eigenvalue weighted by Crippen LogP contribution is 2.35.